The summed E-state index contributed by atoms with van der Waals surface area (Å²) < 4.78 is 4.53. The van der Waals surface area contributed by atoms with E-state index in [-0.39, 0.29) is 5.71 Å². The van der Waals surface area contributed by atoms with Crippen molar-refractivity contribution in [2.24, 2.45) is 4.99 Å². The molecule has 1 aromatic heterocycles. The van der Waals surface area contributed by atoms with E-state index in [1.165, 1.54) is 11.3 Å². The Morgan fingerprint density at radius 2 is 2.27 bits per heavy atom. The molecule has 15 heavy (non-hydrogen) atoms. The minimum atomic E-state index is -0.667. The Kier molecular flexibility index (Phi) is 1.53. The SMILES string of the molecule is CN1c2cscc2N=C2C(=O)OC(=O)C21. The van der Waals surface area contributed by atoms with Crippen molar-refractivity contribution in [2.75, 3.05) is 11.9 Å². The van der Waals surface area contributed by atoms with Crippen LogP contribution in [-0.2, 0) is 14.3 Å². The second kappa shape index (κ2) is 2.66. The topological polar surface area (TPSA) is 59.0 Å². The lowest BCUT2D eigenvalue weighted by Crippen LogP contribution is -2.42. The standard InChI is InChI=1S/C9H6N2O3S/c1-11-5-3-15-2-4(5)10-6-7(11)9(13)14-8(6)12/h2-3,7H,1H3. The number of hydrogen-bond donors (Lipinski definition) is 0. The van der Waals surface area contributed by atoms with Crippen molar-refractivity contribution in [1.29, 1.82) is 0 Å². The van der Waals surface area contributed by atoms with Gasteiger partial charge in [-0.15, -0.1) is 11.3 Å². The molecule has 0 N–H and O–H groups in total. The van der Waals surface area contributed by atoms with Crippen LogP contribution in [0.25, 0.3) is 0 Å². The van der Waals surface area contributed by atoms with Crippen molar-refractivity contribution in [2.45, 2.75) is 6.04 Å². The highest BCUT2D eigenvalue weighted by atomic mass is 32.1. The first-order valence-corrected chi connectivity index (χ1v) is 5.26. The lowest BCUT2D eigenvalue weighted by atomic mass is 10.1. The normalized spacial score (nSPS) is 23.4. The van der Waals surface area contributed by atoms with Gasteiger partial charge in [-0.1, -0.05) is 0 Å². The lowest BCUT2D eigenvalue weighted by Gasteiger charge is -2.25. The Balaban J connectivity index is 2.21. The molecule has 1 saturated heterocycles. The summed E-state index contributed by atoms with van der Waals surface area (Å²) in [6.07, 6.45) is 0. The summed E-state index contributed by atoms with van der Waals surface area (Å²) in [7, 11) is 1.75. The fourth-order valence-corrected chi connectivity index (χ4v) is 2.56. The van der Waals surface area contributed by atoms with Gasteiger partial charge in [0.2, 0.25) is 0 Å². The van der Waals surface area contributed by atoms with Crippen LogP contribution in [-0.4, -0.2) is 30.7 Å². The summed E-state index contributed by atoms with van der Waals surface area (Å²) in [4.78, 5) is 28.6. The smallest absolute Gasteiger partial charge is 0.363 e. The molecule has 1 aromatic rings. The van der Waals surface area contributed by atoms with E-state index in [4.69, 9.17) is 0 Å². The van der Waals surface area contributed by atoms with Gasteiger partial charge >= 0.3 is 11.9 Å². The van der Waals surface area contributed by atoms with Gasteiger partial charge in [0.15, 0.2) is 11.8 Å². The van der Waals surface area contributed by atoms with Gasteiger partial charge in [-0.3, -0.25) is 0 Å². The molecule has 6 heteroatoms. The van der Waals surface area contributed by atoms with Crippen LogP contribution in [0.4, 0.5) is 11.4 Å². The van der Waals surface area contributed by atoms with Crippen LogP contribution >= 0.6 is 11.3 Å². The molecule has 1 fully saturated rings. The number of rotatable bonds is 0. The quantitative estimate of drug-likeness (QED) is 0.479. The molecule has 3 heterocycles. The maximum atomic E-state index is 11.4. The summed E-state index contributed by atoms with van der Waals surface area (Å²) in [6.45, 7) is 0. The average Bonchev–Trinajstić information content (AvgIpc) is 2.73. The highest BCUT2D eigenvalue weighted by molar-refractivity contribution is 7.09. The van der Waals surface area contributed by atoms with E-state index in [9.17, 15) is 9.59 Å². The Bertz CT molecular complexity index is 505. The van der Waals surface area contributed by atoms with E-state index >= 15 is 0 Å². The number of thiophene rings is 1. The predicted octanol–water partition coefficient (Wildman–Crippen LogP) is 0.722. The van der Waals surface area contributed by atoms with Gasteiger partial charge < -0.3 is 9.64 Å². The van der Waals surface area contributed by atoms with Crippen LogP contribution < -0.4 is 4.90 Å². The van der Waals surface area contributed by atoms with Gasteiger partial charge in [-0.2, -0.15) is 0 Å². The van der Waals surface area contributed by atoms with Gasteiger partial charge in [-0.05, 0) is 0 Å². The second-order valence-electron chi connectivity index (χ2n) is 3.36. The summed E-state index contributed by atoms with van der Waals surface area (Å²) in [5.74, 6) is -1.17. The monoisotopic (exact) mass is 222 g/mol. The van der Waals surface area contributed by atoms with Gasteiger partial charge in [0.05, 0.1) is 11.4 Å². The third kappa shape index (κ3) is 0.992. The van der Waals surface area contributed by atoms with Crippen LogP contribution in [0.3, 0.4) is 0 Å². The molecule has 76 valence electrons. The molecule has 0 radical (unpaired) electrons. The zero-order valence-corrected chi connectivity index (χ0v) is 8.58. The number of carbonyl (C=O) groups is 2. The molecule has 0 aliphatic carbocycles. The first-order chi connectivity index (χ1) is 7.18. The van der Waals surface area contributed by atoms with Crippen LogP contribution in [0, 0.1) is 0 Å². The molecule has 0 spiro atoms. The number of anilines is 1. The Labute approximate surface area is 89.0 Å². The van der Waals surface area contributed by atoms with E-state index in [0.717, 1.165) is 11.4 Å². The van der Waals surface area contributed by atoms with Gasteiger partial charge in [0.25, 0.3) is 0 Å². The number of ether oxygens (including phenoxy) is 1. The maximum absolute atomic E-state index is 11.4. The highest BCUT2D eigenvalue weighted by Gasteiger charge is 2.46. The molecule has 0 saturated carbocycles. The van der Waals surface area contributed by atoms with Crippen molar-refractivity contribution >= 4 is 40.4 Å². The van der Waals surface area contributed by atoms with Crippen LogP contribution in [0.5, 0.6) is 0 Å². The Morgan fingerprint density at radius 3 is 3.07 bits per heavy atom. The summed E-state index contributed by atoms with van der Waals surface area (Å²) >= 11 is 1.49. The van der Waals surface area contributed by atoms with Crippen LogP contribution in [0.15, 0.2) is 15.8 Å². The Hall–Kier alpha value is -1.69. The first kappa shape index (κ1) is 8.60. The fourth-order valence-electron chi connectivity index (χ4n) is 1.77. The molecule has 1 unspecified atom stereocenters. The van der Waals surface area contributed by atoms with Gasteiger partial charge in [0, 0.05) is 17.8 Å². The summed E-state index contributed by atoms with van der Waals surface area (Å²) in [6, 6.07) is -0.667. The number of fused-ring (bicyclic) bond motifs is 2. The number of hydrogen-bond acceptors (Lipinski definition) is 6. The number of esters is 2. The average molecular weight is 222 g/mol. The van der Waals surface area contributed by atoms with Crippen LogP contribution in [0.2, 0.25) is 0 Å². The van der Waals surface area contributed by atoms with E-state index in [0.29, 0.717) is 0 Å². The molecule has 2 aliphatic rings. The molecular formula is C9H6N2O3S. The van der Waals surface area contributed by atoms with Crippen molar-refractivity contribution in [1.82, 2.24) is 0 Å². The van der Waals surface area contributed by atoms with Crippen molar-refractivity contribution in [3.8, 4) is 0 Å². The van der Waals surface area contributed by atoms with Crippen molar-refractivity contribution in [3.05, 3.63) is 10.8 Å². The van der Waals surface area contributed by atoms with Crippen molar-refractivity contribution in [3.63, 3.8) is 0 Å². The number of nitrogens with zero attached hydrogens (tertiary/aromatic N) is 2. The van der Waals surface area contributed by atoms with E-state index in [1.54, 1.807) is 11.9 Å². The summed E-state index contributed by atoms with van der Waals surface area (Å²) in [5, 5.41) is 3.73. The molecule has 0 bridgehead atoms. The summed E-state index contributed by atoms with van der Waals surface area (Å²) in [5.41, 5.74) is 1.77. The molecular weight excluding hydrogens is 216 g/mol. The minimum absolute atomic E-state index is 0.188. The number of cyclic esters (lactones) is 2. The predicted molar refractivity (Wildman–Crippen MR) is 54.7 cm³/mol. The molecule has 1 atom stereocenters. The first-order valence-electron chi connectivity index (χ1n) is 4.32. The van der Waals surface area contributed by atoms with E-state index in [2.05, 4.69) is 9.73 Å². The molecule has 0 aromatic carbocycles. The number of carbonyl (C=O) groups excluding carboxylic acids is 2. The lowest BCUT2D eigenvalue weighted by molar-refractivity contribution is -0.151. The molecule has 5 nitrogen and oxygen atoms in total. The van der Waals surface area contributed by atoms with Gasteiger partial charge in [-0.25, -0.2) is 14.6 Å². The Morgan fingerprint density at radius 1 is 1.47 bits per heavy atom. The van der Waals surface area contributed by atoms with E-state index < -0.39 is 18.0 Å². The largest absolute Gasteiger partial charge is 0.387 e. The van der Waals surface area contributed by atoms with Crippen molar-refractivity contribution < 1.29 is 14.3 Å². The second-order valence-corrected chi connectivity index (χ2v) is 4.10. The zero-order chi connectivity index (χ0) is 10.6. The zero-order valence-electron chi connectivity index (χ0n) is 7.76. The van der Waals surface area contributed by atoms with Gasteiger partial charge in [0.1, 0.15) is 0 Å². The van der Waals surface area contributed by atoms with Crippen LogP contribution in [0.1, 0.15) is 0 Å². The maximum Gasteiger partial charge on any atom is 0.363 e. The third-order valence-electron chi connectivity index (χ3n) is 2.51. The van der Waals surface area contributed by atoms with E-state index in [1.807, 2.05) is 10.8 Å². The molecule has 0 amide bonds. The highest BCUT2D eigenvalue weighted by Crippen LogP contribution is 2.38. The molecule has 3 rings (SSSR count). The number of likely N-dealkylation sites (N-methyl/N-ethyl adjacent to an activating group) is 1. The minimum Gasteiger partial charge on any atom is -0.387 e. The molecule has 2 aliphatic heterocycles. The fraction of sp³-hybridized carbons (Fsp3) is 0.222. The number of aliphatic imine (C=N–C) groups is 1. The third-order valence-corrected chi connectivity index (χ3v) is 3.23.